The van der Waals surface area contributed by atoms with E-state index in [2.05, 4.69) is 47.0 Å². The van der Waals surface area contributed by atoms with E-state index in [4.69, 9.17) is 5.73 Å². The molecule has 0 fully saturated rings. The molecule has 1 amide bonds. The maximum absolute atomic E-state index is 11.9. The largest absolute Gasteiger partial charge is 0.384 e. The van der Waals surface area contributed by atoms with Crippen LogP contribution in [0.4, 0.5) is 5.82 Å². The Balaban J connectivity index is 2.67. The maximum atomic E-state index is 11.9. The minimum Gasteiger partial charge on any atom is -0.384 e. The third-order valence-corrected chi connectivity index (χ3v) is 3.48. The highest BCUT2D eigenvalue weighted by molar-refractivity contribution is 9.10. The molecule has 0 aliphatic heterocycles. The van der Waals surface area contributed by atoms with Crippen molar-refractivity contribution in [3.8, 4) is 0 Å². The number of hydrogen-bond donors (Lipinski definition) is 2. The number of nitrogens with zero attached hydrogens (tertiary/aromatic N) is 1. The van der Waals surface area contributed by atoms with Crippen LogP contribution in [0.25, 0.3) is 0 Å². The molecule has 0 aliphatic carbocycles. The van der Waals surface area contributed by atoms with Gasteiger partial charge in [0.25, 0.3) is 5.91 Å². The van der Waals surface area contributed by atoms with Crippen LogP contribution in [0.2, 0.25) is 0 Å². The molecule has 0 radical (unpaired) electrons. The van der Waals surface area contributed by atoms with Crippen LogP contribution < -0.4 is 11.1 Å². The van der Waals surface area contributed by atoms with E-state index < -0.39 is 0 Å². The summed E-state index contributed by atoms with van der Waals surface area (Å²) in [5.41, 5.74) is 6.08. The van der Waals surface area contributed by atoms with Gasteiger partial charge >= 0.3 is 0 Å². The Kier molecular flexibility index (Phi) is 4.93. The molecular weight excluding hydrogens is 282 g/mol. The molecule has 1 atom stereocenters. The maximum Gasteiger partial charge on any atom is 0.252 e. The number of nitrogens with two attached hydrogens (primary N) is 1. The summed E-state index contributed by atoms with van der Waals surface area (Å²) in [6.07, 6.45) is 1.54. The summed E-state index contributed by atoms with van der Waals surface area (Å²) in [6, 6.07) is 1.57. The van der Waals surface area contributed by atoms with Crippen molar-refractivity contribution in [3.63, 3.8) is 0 Å². The smallest absolute Gasteiger partial charge is 0.252 e. The van der Waals surface area contributed by atoms with Gasteiger partial charge in [-0.15, -0.1) is 0 Å². The second-order valence-electron chi connectivity index (χ2n) is 4.52. The molecule has 4 nitrogen and oxygen atoms in total. The van der Waals surface area contributed by atoms with Crippen LogP contribution in [0.3, 0.4) is 0 Å². The molecule has 0 bridgehead atoms. The van der Waals surface area contributed by atoms with E-state index in [1.54, 1.807) is 6.07 Å². The molecule has 5 heteroatoms. The number of halogens is 1. The lowest BCUT2D eigenvalue weighted by Crippen LogP contribution is -2.30. The van der Waals surface area contributed by atoms with E-state index in [-0.39, 0.29) is 5.91 Å². The SMILES string of the molecule is CC(C)C(C)CNC(=O)c1cc(N)ncc1Br. The fraction of sp³-hybridized carbons (Fsp3) is 0.500. The van der Waals surface area contributed by atoms with Crippen LogP contribution in [-0.4, -0.2) is 17.4 Å². The number of carbonyl (C=O) groups is 1. The van der Waals surface area contributed by atoms with Gasteiger partial charge in [-0.3, -0.25) is 4.79 Å². The first kappa shape index (κ1) is 14.0. The highest BCUT2D eigenvalue weighted by atomic mass is 79.9. The van der Waals surface area contributed by atoms with Gasteiger partial charge in [-0.25, -0.2) is 4.98 Å². The van der Waals surface area contributed by atoms with Crippen molar-refractivity contribution in [2.45, 2.75) is 20.8 Å². The highest BCUT2D eigenvalue weighted by Gasteiger charge is 2.13. The number of anilines is 1. The molecule has 17 heavy (non-hydrogen) atoms. The van der Waals surface area contributed by atoms with Gasteiger partial charge in [0.1, 0.15) is 5.82 Å². The van der Waals surface area contributed by atoms with Crippen LogP contribution in [-0.2, 0) is 0 Å². The number of aromatic nitrogens is 1. The van der Waals surface area contributed by atoms with Crippen LogP contribution in [0.15, 0.2) is 16.7 Å². The van der Waals surface area contributed by atoms with Gasteiger partial charge in [0.05, 0.1) is 5.56 Å². The molecule has 1 rings (SSSR count). The minimum absolute atomic E-state index is 0.126. The molecule has 1 heterocycles. The van der Waals surface area contributed by atoms with Gasteiger partial charge in [0.2, 0.25) is 0 Å². The van der Waals surface area contributed by atoms with Crippen molar-refractivity contribution in [2.75, 3.05) is 12.3 Å². The van der Waals surface area contributed by atoms with Crippen molar-refractivity contribution >= 4 is 27.7 Å². The van der Waals surface area contributed by atoms with Crippen molar-refractivity contribution in [1.82, 2.24) is 10.3 Å². The molecule has 94 valence electrons. The van der Waals surface area contributed by atoms with Gasteiger partial charge < -0.3 is 11.1 Å². The van der Waals surface area contributed by atoms with Gasteiger partial charge in [-0.05, 0) is 33.8 Å². The first-order valence-corrected chi connectivity index (χ1v) is 6.40. The Hall–Kier alpha value is -1.10. The monoisotopic (exact) mass is 299 g/mol. The summed E-state index contributed by atoms with van der Waals surface area (Å²) < 4.78 is 0.654. The third kappa shape index (κ3) is 4.00. The van der Waals surface area contributed by atoms with E-state index >= 15 is 0 Å². The number of pyridine rings is 1. The Morgan fingerprint density at radius 2 is 2.18 bits per heavy atom. The van der Waals surface area contributed by atoms with E-state index in [0.29, 0.717) is 34.2 Å². The lowest BCUT2D eigenvalue weighted by atomic mass is 9.98. The number of carbonyl (C=O) groups excluding carboxylic acids is 1. The van der Waals surface area contributed by atoms with Crippen LogP contribution in [0.5, 0.6) is 0 Å². The van der Waals surface area contributed by atoms with Gasteiger partial charge in [0, 0.05) is 17.2 Å². The van der Waals surface area contributed by atoms with Crippen molar-refractivity contribution in [2.24, 2.45) is 11.8 Å². The Morgan fingerprint density at radius 3 is 2.76 bits per heavy atom. The Bertz CT molecular complexity index is 407. The summed E-state index contributed by atoms with van der Waals surface area (Å²) in [6.45, 7) is 7.04. The topological polar surface area (TPSA) is 68.0 Å². The molecule has 0 aliphatic rings. The highest BCUT2D eigenvalue weighted by Crippen LogP contribution is 2.17. The number of nitrogens with one attached hydrogen (secondary N) is 1. The van der Waals surface area contributed by atoms with Gasteiger partial charge in [-0.1, -0.05) is 20.8 Å². The number of nitrogen functional groups attached to an aromatic ring is 1. The number of rotatable bonds is 4. The average Bonchev–Trinajstić information content (AvgIpc) is 2.28. The fourth-order valence-electron chi connectivity index (χ4n) is 1.21. The zero-order valence-corrected chi connectivity index (χ0v) is 11.9. The molecule has 0 spiro atoms. The third-order valence-electron chi connectivity index (χ3n) is 2.84. The molecule has 0 aromatic carbocycles. The van der Waals surface area contributed by atoms with E-state index in [0.717, 1.165) is 0 Å². The zero-order valence-electron chi connectivity index (χ0n) is 10.3. The predicted octanol–water partition coefficient (Wildman–Crippen LogP) is 2.45. The lowest BCUT2D eigenvalue weighted by molar-refractivity contribution is 0.0944. The zero-order chi connectivity index (χ0) is 13.0. The quantitative estimate of drug-likeness (QED) is 0.897. The number of amides is 1. The molecule has 0 saturated heterocycles. The summed E-state index contributed by atoms with van der Waals surface area (Å²) in [5.74, 6) is 1.20. The van der Waals surface area contributed by atoms with Gasteiger partial charge in [0.15, 0.2) is 0 Å². The minimum atomic E-state index is -0.126. The molecule has 1 aromatic heterocycles. The summed E-state index contributed by atoms with van der Waals surface area (Å²) in [4.78, 5) is 15.8. The molecule has 1 aromatic rings. The van der Waals surface area contributed by atoms with Crippen molar-refractivity contribution in [3.05, 3.63) is 22.3 Å². The fourth-order valence-corrected chi connectivity index (χ4v) is 1.61. The molecule has 0 saturated carbocycles. The number of hydrogen-bond acceptors (Lipinski definition) is 3. The average molecular weight is 300 g/mol. The normalized spacial score (nSPS) is 12.5. The Labute approximate surface area is 110 Å². The van der Waals surface area contributed by atoms with E-state index in [1.165, 1.54) is 6.20 Å². The molecular formula is C12H18BrN3O. The van der Waals surface area contributed by atoms with Crippen molar-refractivity contribution < 1.29 is 4.79 Å². The summed E-state index contributed by atoms with van der Waals surface area (Å²) in [5, 5.41) is 2.90. The lowest BCUT2D eigenvalue weighted by Gasteiger charge is -2.16. The Morgan fingerprint density at radius 1 is 1.53 bits per heavy atom. The van der Waals surface area contributed by atoms with E-state index in [9.17, 15) is 4.79 Å². The van der Waals surface area contributed by atoms with Gasteiger partial charge in [-0.2, -0.15) is 0 Å². The first-order chi connectivity index (χ1) is 7.91. The molecule has 1 unspecified atom stereocenters. The summed E-state index contributed by atoms with van der Waals surface area (Å²) >= 11 is 3.29. The second-order valence-corrected chi connectivity index (χ2v) is 5.37. The van der Waals surface area contributed by atoms with Crippen molar-refractivity contribution in [1.29, 1.82) is 0 Å². The van der Waals surface area contributed by atoms with Crippen LogP contribution >= 0.6 is 15.9 Å². The molecule has 3 N–H and O–H groups in total. The first-order valence-electron chi connectivity index (χ1n) is 5.61. The van der Waals surface area contributed by atoms with Crippen LogP contribution in [0, 0.1) is 11.8 Å². The van der Waals surface area contributed by atoms with E-state index in [1.807, 2.05) is 0 Å². The van der Waals surface area contributed by atoms with Crippen LogP contribution in [0.1, 0.15) is 31.1 Å². The predicted molar refractivity (Wildman–Crippen MR) is 72.7 cm³/mol. The second kappa shape index (κ2) is 6.00. The summed E-state index contributed by atoms with van der Waals surface area (Å²) in [7, 11) is 0. The standard InChI is InChI=1S/C12H18BrN3O/c1-7(2)8(3)5-16-12(17)9-4-11(14)15-6-10(9)13/h4,6-8H,5H2,1-3H3,(H2,14,15)(H,16,17).